The Hall–Kier alpha value is -1.79. The van der Waals surface area contributed by atoms with Crippen LogP contribution in [0.25, 0.3) is 0 Å². The molecule has 1 aliphatic heterocycles. The van der Waals surface area contributed by atoms with E-state index in [2.05, 4.69) is 10.2 Å². The lowest BCUT2D eigenvalue weighted by Gasteiger charge is -2.36. The number of piperidine rings is 1. The van der Waals surface area contributed by atoms with Crippen molar-refractivity contribution >= 4 is 5.91 Å². The summed E-state index contributed by atoms with van der Waals surface area (Å²) >= 11 is 0. The van der Waals surface area contributed by atoms with Crippen molar-refractivity contribution in [2.45, 2.75) is 63.7 Å². The summed E-state index contributed by atoms with van der Waals surface area (Å²) in [6, 6.07) is 6.07. The van der Waals surface area contributed by atoms with E-state index in [1.54, 1.807) is 26.2 Å². The average Bonchev–Trinajstić information content (AvgIpc) is 3.21. The van der Waals surface area contributed by atoms with E-state index in [0.717, 1.165) is 32.0 Å². The molecular formula is C21H32N2O4. The van der Waals surface area contributed by atoms with Crippen molar-refractivity contribution in [1.29, 1.82) is 0 Å². The molecule has 150 valence electrons. The maximum Gasteiger partial charge on any atom is 0.255 e. The first-order valence-electron chi connectivity index (χ1n) is 10.1. The molecule has 2 fully saturated rings. The van der Waals surface area contributed by atoms with Gasteiger partial charge in [0.15, 0.2) is 0 Å². The normalized spacial score (nSPS) is 20.4. The molecule has 0 bridgehead atoms. The third-order valence-electron chi connectivity index (χ3n) is 5.60. The zero-order chi connectivity index (χ0) is 19.2. The summed E-state index contributed by atoms with van der Waals surface area (Å²) in [6.45, 7) is 3.97. The first-order valence-corrected chi connectivity index (χ1v) is 10.1. The molecule has 1 amide bonds. The second kappa shape index (κ2) is 9.42. The van der Waals surface area contributed by atoms with Crippen LogP contribution in [-0.2, 0) is 0 Å². The molecule has 0 radical (unpaired) electrons. The molecule has 1 saturated heterocycles. The number of likely N-dealkylation sites (tertiary alicyclic amines) is 1. The molecule has 1 saturated carbocycles. The van der Waals surface area contributed by atoms with E-state index < -0.39 is 6.10 Å². The lowest BCUT2D eigenvalue weighted by molar-refractivity contribution is 0.0747. The summed E-state index contributed by atoms with van der Waals surface area (Å²) in [6.07, 6.45) is 6.88. The van der Waals surface area contributed by atoms with Gasteiger partial charge >= 0.3 is 0 Å². The van der Waals surface area contributed by atoms with Crippen LogP contribution in [0, 0.1) is 0 Å². The summed E-state index contributed by atoms with van der Waals surface area (Å²) in [4.78, 5) is 15.1. The number of nitrogens with zero attached hydrogens (tertiary/aromatic N) is 1. The minimum absolute atomic E-state index is 0.124. The fraction of sp³-hybridized carbons (Fsp3) is 0.667. The SMILES string of the molecule is COc1ccc(OC2CCN(C3CCCC3)CC2)c(C(=O)NC[C@H](C)O)c1. The van der Waals surface area contributed by atoms with Gasteiger partial charge in [0.2, 0.25) is 0 Å². The summed E-state index contributed by atoms with van der Waals surface area (Å²) in [5.41, 5.74) is 0.452. The Morgan fingerprint density at radius 1 is 1.26 bits per heavy atom. The number of carbonyl (C=O) groups is 1. The van der Waals surface area contributed by atoms with Crippen molar-refractivity contribution < 1.29 is 19.4 Å². The Morgan fingerprint density at radius 3 is 2.59 bits per heavy atom. The molecule has 1 aromatic carbocycles. The zero-order valence-corrected chi connectivity index (χ0v) is 16.4. The lowest BCUT2D eigenvalue weighted by atomic mass is 10.0. The predicted molar refractivity (Wildman–Crippen MR) is 104 cm³/mol. The van der Waals surface area contributed by atoms with Crippen LogP contribution in [0.5, 0.6) is 11.5 Å². The molecule has 6 nitrogen and oxygen atoms in total. The fourth-order valence-electron chi connectivity index (χ4n) is 4.06. The van der Waals surface area contributed by atoms with Gasteiger partial charge in [-0.15, -0.1) is 0 Å². The maximum atomic E-state index is 12.5. The predicted octanol–water partition coefficient (Wildman–Crippen LogP) is 2.59. The van der Waals surface area contributed by atoms with Crippen LogP contribution in [-0.4, -0.2) is 60.9 Å². The Morgan fingerprint density at radius 2 is 1.96 bits per heavy atom. The molecular weight excluding hydrogens is 344 g/mol. The van der Waals surface area contributed by atoms with Gasteiger partial charge in [0.1, 0.15) is 17.6 Å². The number of aliphatic hydroxyl groups excluding tert-OH is 1. The van der Waals surface area contributed by atoms with Crippen molar-refractivity contribution in [3.05, 3.63) is 23.8 Å². The van der Waals surface area contributed by atoms with Crippen LogP contribution in [0.3, 0.4) is 0 Å². The number of ether oxygens (including phenoxy) is 2. The number of hydrogen-bond donors (Lipinski definition) is 2. The number of rotatable bonds is 7. The number of nitrogens with one attached hydrogen (secondary N) is 1. The van der Waals surface area contributed by atoms with Crippen LogP contribution < -0.4 is 14.8 Å². The molecule has 1 aromatic rings. The molecule has 0 spiro atoms. The van der Waals surface area contributed by atoms with Crippen LogP contribution in [0.1, 0.15) is 55.8 Å². The molecule has 1 aliphatic carbocycles. The largest absolute Gasteiger partial charge is 0.497 e. The Balaban J connectivity index is 1.62. The van der Waals surface area contributed by atoms with Gasteiger partial charge in [-0.05, 0) is 50.8 Å². The van der Waals surface area contributed by atoms with E-state index in [1.165, 1.54) is 25.7 Å². The fourth-order valence-corrected chi connectivity index (χ4v) is 4.06. The van der Waals surface area contributed by atoms with E-state index in [9.17, 15) is 9.90 Å². The van der Waals surface area contributed by atoms with E-state index in [0.29, 0.717) is 17.1 Å². The number of amides is 1. The third kappa shape index (κ3) is 5.36. The monoisotopic (exact) mass is 376 g/mol. The van der Waals surface area contributed by atoms with Crippen molar-refractivity contribution in [2.24, 2.45) is 0 Å². The molecule has 3 rings (SSSR count). The molecule has 1 heterocycles. The average molecular weight is 376 g/mol. The number of methoxy groups -OCH3 is 1. The quantitative estimate of drug-likeness (QED) is 0.765. The van der Waals surface area contributed by atoms with Gasteiger partial charge in [-0.25, -0.2) is 0 Å². The van der Waals surface area contributed by atoms with Gasteiger partial charge in [-0.1, -0.05) is 12.8 Å². The van der Waals surface area contributed by atoms with E-state index in [1.807, 2.05) is 6.07 Å². The Kier molecular flexibility index (Phi) is 6.96. The third-order valence-corrected chi connectivity index (χ3v) is 5.60. The smallest absolute Gasteiger partial charge is 0.255 e. The second-order valence-corrected chi connectivity index (χ2v) is 7.71. The van der Waals surface area contributed by atoms with Gasteiger partial charge in [0, 0.05) is 25.7 Å². The van der Waals surface area contributed by atoms with Crippen LogP contribution in [0.15, 0.2) is 18.2 Å². The Bertz CT molecular complexity index is 621. The van der Waals surface area contributed by atoms with Crippen LogP contribution in [0.2, 0.25) is 0 Å². The zero-order valence-electron chi connectivity index (χ0n) is 16.4. The number of hydrogen-bond acceptors (Lipinski definition) is 5. The van der Waals surface area contributed by atoms with Gasteiger partial charge in [0.05, 0.1) is 18.8 Å². The lowest BCUT2D eigenvalue weighted by Crippen LogP contribution is -2.43. The molecule has 0 unspecified atom stereocenters. The van der Waals surface area contributed by atoms with Gasteiger partial charge < -0.3 is 24.8 Å². The molecule has 1 atom stereocenters. The summed E-state index contributed by atoms with van der Waals surface area (Å²) in [5, 5.41) is 12.2. The highest BCUT2D eigenvalue weighted by Gasteiger charge is 2.28. The van der Waals surface area contributed by atoms with Gasteiger partial charge in [-0.2, -0.15) is 0 Å². The number of benzene rings is 1. The van der Waals surface area contributed by atoms with Crippen molar-refractivity contribution in [3.8, 4) is 11.5 Å². The number of aliphatic hydroxyl groups is 1. The Labute approximate surface area is 161 Å². The topological polar surface area (TPSA) is 71.0 Å². The summed E-state index contributed by atoms with van der Waals surface area (Å²) < 4.78 is 11.5. The first-order chi connectivity index (χ1) is 13.1. The van der Waals surface area contributed by atoms with E-state index in [4.69, 9.17) is 9.47 Å². The van der Waals surface area contributed by atoms with Crippen molar-refractivity contribution in [1.82, 2.24) is 10.2 Å². The van der Waals surface area contributed by atoms with Gasteiger partial charge in [0.25, 0.3) is 5.91 Å². The second-order valence-electron chi connectivity index (χ2n) is 7.71. The molecule has 0 aromatic heterocycles. The standard InChI is InChI=1S/C21H32N2O4/c1-15(24)14-22-21(25)19-13-18(26-2)7-8-20(19)27-17-9-11-23(12-10-17)16-5-3-4-6-16/h7-8,13,15-17,24H,3-6,9-12,14H2,1-2H3,(H,22,25)/t15-/m0/s1. The molecule has 27 heavy (non-hydrogen) atoms. The van der Waals surface area contributed by atoms with Gasteiger partial charge in [-0.3, -0.25) is 4.79 Å². The highest BCUT2D eigenvalue weighted by molar-refractivity contribution is 5.97. The summed E-state index contributed by atoms with van der Waals surface area (Å²) in [7, 11) is 1.58. The molecule has 6 heteroatoms. The molecule has 2 aliphatic rings. The van der Waals surface area contributed by atoms with E-state index >= 15 is 0 Å². The molecule has 2 N–H and O–H groups in total. The highest BCUT2D eigenvalue weighted by Crippen LogP contribution is 2.30. The van der Waals surface area contributed by atoms with Crippen LogP contribution >= 0.6 is 0 Å². The van der Waals surface area contributed by atoms with Crippen LogP contribution in [0.4, 0.5) is 0 Å². The minimum atomic E-state index is -0.594. The van der Waals surface area contributed by atoms with E-state index in [-0.39, 0.29) is 18.6 Å². The minimum Gasteiger partial charge on any atom is -0.497 e. The number of carbonyl (C=O) groups excluding carboxylic acids is 1. The summed E-state index contributed by atoms with van der Waals surface area (Å²) in [5.74, 6) is 0.937. The first kappa shape index (κ1) is 20.0. The van der Waals surface area contributed by atoms with Crippen molar-refractivity contribution in [2.75, 3.05) is 26.7 Å². The van der Waals surface area contributed by atoms with Crippen molar-refractivity contribution in [3.63, 3.8) is 0 Å². The maximum absolute atomic E-state index is 12.5. The highest BCUT2D eigenvalue weighted by atomic mass is 16.5.